The van der Waals surface area contributed by atoms with Crippen LogP contribution >= 0.6 is 0 Å². The predicted octanol–water partition coefficient (Wildman–Crippen LogP) is 3.73. The topological polar surface area (TPSA) is 115 Å². The summed E-state index contributed by atoms with van der Waals surface area (Å²) in [5, 5.41) is 17.3. The number of fused-ring (bicyclic) bond motifs is 2. The summed E-state index contributed by atoms with van der Waals surface area (Å²) in [6.07, 6.45) is -0.0824. The van der Waals surface area contributed by atoms with Crippen LogP contribution in [0.3, 0.4) is 0 Å². The predicted molar refractivity (Wildman–Crippen MR) is 119 cm³/mol. The molecule has 0 aliphatic rings. The Labute approximate surface area is 177 Å². The largest absolute Gasteiger partial charge is 0.368 e. The van der Waals surface area contributed by atoms with E-state index in [0.29, 0.717) is 11.1 Å². The van der Waals surface area contributed by atoms with Crippen molar-refractivity contribution in [2.75, 3.05) is 0 Å². The van der Waals surface area contributed by atoms with Gasteiger partial charge >= 0.3 is 0 Å². The van der Waals surface area contributed by atoms with Gasteiger partial charge in [-0.1, -0.05) is 66.7 Å². The molecule has 0 spiro atoms. The summed E-state index contributed by atoms with van der Waals surface area (Å²) >= 11 is 0. The Morgan fingerprint density at radius 1 is 0.903 bits per heavy atom. The summed E-state index contributed by atoms with van der Waals surface area (Å²) in [6.45, 7) is 0. The van der Waals surface area contributed by atoms with E-state index >= 15 is 0 Å². The third-order valence-corrected chi connectivity index (χ3v) is 5.26. The van der Waals surface area contributed by atoms with Crippen LogP contribution in [0.15, 0.2) is 78.9 Å². The fraction of sp³-hybridized carbons (Fsp3) is 0.0833. The van der Waals surface area contributed by atoms with Crippen molar-refractivity contribution in [3.63, 3.8) is 0 Å². The summed E-state index contributed by atoms with van der Waals surface area (Å²) in [6, 6.07) is 22.0. The van der Waals surface area contributed by atoms with E-state index in [1.54, 1.807) is 18.2 Å². The molecule has 0 unspecified atom stereocenters. The van der Waals surface area contributed by atoms with Crippen LogP contribution in [0, 0.1) is 10.1 Å². The number of nitro groups is 1. The van der Waals surface area contributed by atoms with Crippen LogP contribution in [-0.4, -0.2) is 22.8 Å². The minimum absolute atomic E-state index is 0.0824. The first-order valence-electron chi connectivity index (χ1n) is 9.68. The number of benzene rings is 4. The van der Waals surface area contributed by atoms with E-state index in [2.05, 4.69) is 5.32 Å². The van der Waals surface area contributed by atoms with Crippen LogP contribution in [0.2, 0.25) is 0 Å². The van der Waals surface area contributed by atoms with Crippen molar-refractivity contribution in [1.29, 1.82) is 0 Å². The molecule has 0 aliphatic carbocycles. The van der Waals surface area contributed by atoms with E-state index in [1.807, 2.05) is 54.6 Å². The Balaban J connectivity index is 1.75. The Morgan fingerprint density at radius 3 is 2.03 bits per heavy atom. The molecule has 31 heavy (non-hydrogen) atoms. The van der Waals surface area contributed by atoms with E-state index in [0.717, 1.165) is 21.5 Å². The van der Waals surface area contributed by atoms with E-state index in [1.165, 1.54) is 6.07 Å². The molecule has 154 valence electrons. The number of rotatable bonds is 6. The maximum Gasteiger partial charge on any atom is 0.272 e. The lowest BCUT2D eigenvalue weighted by atomic mass is 9.95. The average Bonchev–Trinajstić information content (AvgIpc) is 2.77. The second-order valence-electron chi connectivity index (χ2n) is 7.21. The molecule has 0 fully saturated rings. The quantitative estimate of drug-likeness (QED) is 0.285. The van der Waals surface area contributed by atoms with Gasteiger partial charge in [-0.2, -0.15) is 0 Å². The second kappa shape index (κ2) is 8.23. The molecular formula is C24H19N3O4. The molecule has 2 amide bonds. The minimum atomic E-state index is -1.11. The monoisotopic (exact) mass is 413 g/mol. The van der Waals surface area contributed by atoms with Gasteiger partial charge < -0.3 is 11.1 Å². The Kier molecular flexibility index (Phi) is 5.32. The fourth-order valence-electron chi connectivity index (χ4n) is 3.79. The van der Waals surface area contributed by atoms with Gasteiger partial charge in [-0.15, -0.1) is 0 Å². The molecule has 4 aromatic rings. The number of carbonyl (C=O) groups excluding carboxylic acids is 2. The number of carbonyl (C=O) groups is 2. The molecule has 7 heteroatoms. The lowest BCUT2D eigenvalue weighted by molar-refractivity contribution is -0.385. The highest BCUT2D eigenvalue weighted by Gasteiger charge is 2.25. The van der Waals surface area contributed by atoms with Gasteiger partial charge in [0, 0.05) is 18.1 Å². The molecule has 0 aliphatic heterocycles. The first kappa shape index (κ1) is 20.0. The smallest absolute Gasteiger partial charge is 0.272 e. The maximum absolute atomic E-state index is 13.3. The van der Waals surface area contributed by atoms with Crippen LogP contribution in [0.4, 0.5) is 5.69 Å². The number of primary amides is 1. The van der Waals surface area contributed by atoms with Crippen molar-refractivity contribution >= 4 is 39.0 Å². The van der Waals surface area contributed by atoms with Gasteiger partial charge in [-0.25, -0.2) is 0 Å². The zero-order valence-corrected chi connectivity index (χ0v) is 16.4. The number of para-hydroxylation sites is 1. The first-order valence-corrected chi connectivity index (χ1v) is 9.68. The lowest BCUT2D eigenvalue weighted by Crippen LogP contribution is -2.46. The Hall–Kier alpha value is -4.26. The van der Waals surface area contributed by atoms with Crippen molar-refractivity contribution in [2.24, 2.45) is 5.73 Å². The summed E-state index contributed by atoms with van der Waals surface area (Å²) in [5.41, 5.74) is 6.16. The molecule has 0 bridgehead atoms. The van der Waals surface area contributed by atoms with Crippen molar-refractivity contribution in [1.82, 2.24) is 5.32 Å². The molecular weight excluding hydrogens is 394 g/mol. The van der Waals surface area contributed by atoms with Gasteiger partial charge in [0.05, 0.1) is 10.5 Å². The fourth-order valence-corrected chi connectivity index (χ4v) is 3.79. The molecule has 0 saturated carbocycles. The number of hydrogen-bond acceptors (Lipinski definition) is 4. The highest BCUT2D eigenvalue weighted by Crippen LogP contribution is 2.28. The van der Waals surface area contributed by atoms with Gasteiger partial charge in [0.1, 0.15) is 6.04 Å². The highest BCUT2D eigenvalue weighted by molar-refractivity contribution is 6.18. The Morgan fingerprint density at radius 2 is 1.45 bits per heavy atom. The molecule has 4 rings (SSSR count). The zero-order chi connectivity index (χ0) is 22.0. The molecule has 0 radical (unpaired) electrons. The first-order chi connectivity index (χ1) is 15.0. The number of hydrogen-bond donors (Lipinski definition) is 2. The third-order valence-electron chi connectivity index (χ3n) is 5.26. The SMILES string of the molecule is NC(=O)[C@@H](Cc1ccccc1[N+](=O)[O-])NC(=O)c1c2ccccc2cc2ccccc12. The zero-order valence-electron chi connectivity index (χ0n) is 16.4. The standard InChI is InChI=1S/C24H19N3O4/c25-23(28)20(14-17-9-3-6-12-21(17)27(30)31)26-24(29)22-18-10-4-1-7-15(18)13-16-8-2-5-11-19(16)22/h1-13,20H,14H2,(H2,25,28)(H,26,29)/t20-/m1/s1. The van der Waals surface area contributed by atoms with Crippen LogP contribution in [0.25, 0.3) is 21.5 Å². The second-order valence-corrected chi connectivity index (χ2v) is 7.21. The summed E-state index contributed by atoms with van der Waals surface area (Å²) in [5.74, 6) is -1.23. The van der Waals surface area contributed by atoms with Crippen LogP contribution in [0.1, 0.15) is 15.9 Å². The number of nitro benzene ring substituents is 1. The Bertz CT molecular complexity index is 1280. The van der Waals surface area contributed by atoms with Crippen molar-refractivity contribution < 1.29 is 14.5 Å². The van der Waals surface area contributed by atoms with Gasteiger partial charge in [0.2, 0.25) is 5.91 Å². The normalized spacial score (nSPS) is 11.9. The van der Waals surface area contributed by atoms with Crippen molar-refractivity contribution in [3.05, 3.63) is 100 Å². The highest BCUT2D eigenvalue weighted by atomic mass is 16.6. The summed E-state index contributed by atoms with van der Waals surface area (Å²) in [4.78, 5) is 36.3. The van der Waals surface area contributed by atoms with Gasteiger partial charge in [-0.05, 0) is 27.6 Å². The number of nitrogens with zero attached hydrogens (tertiary/aromatic N) is 1. The van der Waals surface area contributed by atoms with Crippen LogP contribution in [-0.2, 0) is 11.2 Å². The molecule has 1 atom stereocenters. The number of nitrogens with one attached hydrogen (secondary N) is 1. The van der Waals surface area contributed by atoms with Crippen LogP contribution < -0.4 is 11.1 Å². The summed E-state index contributed by atoms with van der Waals surface area (Å²) in [7, 11) is 0. The van der Waals surface area contributed by atoms with E-state index in [9.17, 15) is 19.7 Å². The lowest BCUT2D eigenvalue weighted by Gasteiger charge is -2.18. The molecule has 0 saturated heterocycles. The van der Waals surface area contributed by atoms with Gasteiger partial charge in [0.25, 0.3) is 11.6 Å². The minimum Gasteiger partial charge on any atom is -0.368 e. The summed E-state index contributed by atoms with van der Waals surface area (Å²) < 4.78 is 0. The van der Waals surface area contributed by atoms with E-state index in [4.69, 9.17) is 5.73 Å². The number of amides is 2. The van der Waals surface area contributed by atoms with Gasteiger partial charge in [-0.3, -0.25) is 19.7 Å². The molecule has 0 aromatic heterocycles. The van der Waals surface area contributed by atoms with Crippen molar-refractivity contribution in [3.8, 4) is 0 Å². The molecule has 0 heterocycles. The molecule has 4 aromatic carbocycles. The number of nitrogens with two attached hydrogens (primary N) is 1. The maximum atomic E-state index is 13.3. The van der Waals surface area contributed by atoms with Gasteiger partial charge in [0.15, 0.2) is 0 Å². The molecule has 7 nitrogen and oxygen atoms in total. The van der Waals surface area contributed by atoms with E-state index < -0.39 is 22.8 Å². The molecule has 3 N–H and O–H groups in total. The average molecular weight is 413 g/mol. The van der Waals surface area contributed by atoms with E-state index in [-0.39, 0.29) is 12.1 Å². The third kappa shape index (κ3) is 3.93. The van der Waals surface area contributed by atoms with Crippen molar-refractivity contribution in [2.45, 2.75) is 12.5 Å². The van der Waals surface area contributed by atoms with Crippen LogP contribution in [0.5, 0.6) is 0 Å².